The van der Waals surface area contributed by atoms with E-state index in [0.717, 1.165) is 0 Å². The monoisotopic (exact) mass is 718 g/mol. The Balaban J connectivity index is 1.17. The molecule has 0 unspecified atom stereocenters. The number of ether oxygens (including phenoxy) is 5. The van der Waals surface area contributed by atoms with E-state index in [2.05, 4.69) is 21.3 Å². The van der Waals surface area contributed by atoms with E-state index in [-0.39, 0.29) is 73.5 Å². The molecular weight excluding hydrogens is 664 g/mol. The number of amides is 4. The van der Waals surface area contributed by atoms with Gasteiger partial charge in [0.15, 0.2) is 11.2 Å². The van der Waals surface area contributed by atoms with Crippen molar-refractivity contribution in [2.45, 2.75) is 89.6 Å². The molecular formula is C36H54N4O11. The Labute approximate surface area is 298 Å². The number of alkyl carbamates (subject to hydrolysis) is 2. The molecule has 15 nitrogen and oxygen atoms in total. The number of methoxy groups -OCH3 is 2. The predicted molar refractivity (Wildman–Crippen MR) is 178 cm³/mol. The second-order valence-corrected chi connectivity index (χ2v) is 17.2. The van der Waals surface area contributed by atoms with Crippen LogP contribution in [0.3, 0.4) is 0 Å². The van der Waals surface area contributed by atoms with Crippen LogP contribution in [-0.2, 0) is 42.9 Å². The molecule has 4 N–H and O–H groups in total. The average Bonchev–Trinajstić information content (AvgIpc) is 3.88. The Hall–Kier alpha value is -3.62. The smallest absolute Gasteiger partial charge is 0.407 e. The molecule has 6 fully saturated rings. The lowest BCUT2D eigenvalue weighted by molar-refractivity contribution is -0.188. The lowest BCUT2D eigenvalue weighted by Crippen LogP contribution is -2.63. The van der Waals surface area contributed by atoms with Gasteiger partial charge in [0.05, 0.1) is 14.2 Å². The van der Waals surface area contributed by atoms with Gasteiger partial charge in [-0.2, -0.15) is 0 Å². The van der Waals surface area contributed by atoms with Crippen LogP contribution in [0.2, 0.25) is 0 Å². The molecule has 2 saturated heterocycles. The van der Waals surface area contributed by atoms with Crippen LogP contribution in [-0.4, -0.2) is 98.7 Å². The van der Waals surface area contributed by atoms with Crippen LogP contribution in [0.15, 0.2) is 0 Å². The average molecular weight is 719 g/mol. The first-order valence-electron chi connectivity index (χ1n) is 18.3. The summed E-state index contributed by atoms with van der Waals surface area (Å²) in [6.07, 6.45) is 1.23. The Bertz CT molecular complexity index is 1350. The third-order valence-corrected chi connectivity index (χ3v) is 12.2. The summed E-state index contributed by atoms with van der Waals surface area (Å²) in [4.78, 5) is 79.5. The number of carbonyl (C=O) groups is 6. The second kappa shape index (κ2) is 13.1. The Morgan fingerprint density at radius 2 is 0.922 bits per heavy atom. The fraction of sp³-hybridized carbons (Fsp3) is 0.833. The van der Waals surface area contributed by atoms with Crippen LogP contribution in [0.5, 0.6) is 0 Å². The number of esters is 2. The molecule has 12 atom stereocenters. The Morgan fingerprint density at radius 1 is 0.569 bits per heavy atom. The lowest BCUT2D eigenvalue weighted by Gasteiger charge is -2.51. The third kappa shape index (κ3) is 6.10. The molecule has 6 aliphatic rings. The van der Waals surface area contributed by atoms with Crippen molar-refractivity contribution >= 4 is 35.9 Å². The molecule has 4 saturated carbocycles. The topological polar surface area (TPSA) is 197 Å². The van der Waals surface area contributed by atoms with Crippen molar-refractivity contribution < 1.29 is 52.5 Å². The number of nitrogens with one attached hydrogen (secondary N) is 4. The van der Waals surface area contributed by atoms with Crippen molar-refractivity contribution in [3.8, 4) is 0 Å². The van der Waals surface area contributed by atoms with Gasteiger partial charge >= 0.3 is 24.1 Å². The normalized spacial score (nSPS) is 38.0. The minimum Gasteiger partial charge on any atom is -0.467 e. The molecule has 15 heteroatoms. The van der Waals surface area contributed by atoms with E-state index in [4.69, 9.17) is 23.7 Å². The van der Waals surface area contributed by atoms with Gasteiger partial charge in [0.1, 0.15) is 11.2 Å². The molecule has 6 bridgehead atoms. The summed E-state index contributed by atoms with van der Waals surface area (Å²) >= 11 is 0. The van der Waals surface area contributed by atoms with Crippen molar-refractivity contribution in [1.82, 2.24) is 21.3 Å². The summed E-state index contributed by atoms with van der Waals surface area (Å²) in [5.74, 6) is -4.38. The molecule has 2 heterocycles. The summed E-state index contributed by atoms with van der Waals surface area (Å²) in [6, 6.07) is 0. The molecule has 0 aromatic rings. The summed E-state index contributed by atoms with van der Waals surface area (Å²) in [6.45, 7) is 11.4. The van der Waals surface area contributed by atoms with Crippen molar-refractivity contribution in [1.29, 1.82) is 0 Å². The number of carbonyl (C=O) groups excluding carboxylic acids is 6. The van der Waals surface area contributed by atoms with E-state index < -0.39 is 70.2 Å². The maximum Gasteiger partial charge on any atom is 0.407 e. The Morgan fingerprint density at radius 3 is 1.25 bits per heavy atom. The number of fused-ring (bicyclic) bond motifs is 16. The Kier molecular flexibility index (Phi) is 9.54. The van der Waals surface area contributed by atoms with Gasteiger partial charge in [-0.3, -0.25) is 9.59 Å². The van der Waals surface area contributed by atoms with E-state index in [1.54, 1.807) is 41.5 Å². The van der Waals surface area contributed by atoms with E-state index >= 15 is 0 Å². The molecule has 6 rings (SSSR count). The number of hydrogen-bond acceptors (Lipinski definition) is 11. The first-order valence-corrected chi connectivity index (χ1v) is 18.3. The van der Waals surface area contributed by atoms with Crippen LogP contribution < -0.4 is 21.3 Å². The van der Waals surface area contributed by atoms with E-state index in [1.165, 1.54) is 14.2 Å². The zero-order valence-electron chi connectivity index (χ0n) is 30.9. The van der Waals surface area contributed by atoms with Crippen LogP contribution in [0.25, 0.3) is 0 Å². The van der Waals surface area contributed by atoms with E-state index in [1.807, 2.05) is 0 Å². The lowest BCUT2D eigenvalue weighted by atomic mass is 9.48. The number of hydrogen-bond donors (Lipinski definition) is 4. The minimum atomic E-state index is -1.44. The molecule has 0 spiro atoms. The van der Waals surface area contributed by atoms with Gasteiger partial charge in [-0.25, -0.2) is 19.2 Å². The van der Waals surface area contributed by atoms with Gasteiger partial charge < -0.3 is 45.0 Å². The standard InChI is InChI=1S/C36H54N4O11/c1-33(2,3)49-31(45)39-11-9-37-27(41)21-15-17-13-19(21)25-23(17)36(30(44)48-8)26-20-14-18(24(26)35(25,51-36)29(43)47-7)16-22(20)28(42)38-10-12-40-32(46)50-34(4,5)6/h17-26H,9-16H2,1-8H3,(H,37,41)(H,38,42)(H,39,45)(H,40,46)/t17-,18-,19+,20+,21-,22-,23-,24-,25+,26+,35-,36-/m0/s1. The highest BCUT2D eigenvalue weighted by Gasteiger charge is 2.90. The second-order valence-electron chi connectivity index (χ2n) is 17.2. The van der Waals surface area contributed by atoms with Crippen molar-refractivity contribution in [3.05, 3.63) is 0 Å². The van der Waals surface area contributed by atoms with Crippen LogP contribution >= 0.6 is 0 Å². The largest absolute Gasteiger partial charge is 0.467 e. The van der Waals surface area contributed by atoms with Crippen molar-refractivity contribution in [2.24, 2.45) is 59.2 Å². The molecule has 284 valence electrons. The van der Waals surface area contributed by atoms with Crippen LogP contribution in [0.1, 0.15) is 67.2 Å². The predicted octanol–water partition coefficient (Wildman–Crippen LogP) is 1.91. The first-order chi connectivity index (χ1) is 23.9. The zero-order valence-corrected chi connectivity index (χ0v) is 30.9. The van der Waals surface area contributed by atoms with Gasteiger partial charge in [-0.1, -0.05) is 0 Å². The molecule has 4 aliphatic carbocycles. The summed E-state index contributed by atoms with van der Waals surface area (Å²) in [7, 11) is 2.65. The highest BCUT2D eigenvalue weighted by atomic mass is 16.6. The van der Waals surface area contributed by atoms with Crippen molar-refractivity contribution in [3.63, 3.8) is 0 Å². The van der Waals surface area contributed by atoms with Gasteiger partial charge in [0.2, 0.25) is 11.8 Å². The van der Waals surface area contributed by atoms with Crippen LogP contribution in [0, 0.1) is 59.2 Å². The molecule has 0 aromatic heterocycles. The maximum absolute atomic E-state index is 14.1. The van der Waals surface area contributed by atoms with Gasteiger partial charge in [-0.05, 0) is 90.9 Å². The molecule has 2 aliphatic heterocycles. The molecule has 0 aromatic carbocycles. The zero-order chi connectivity index (χ0) is 37.3. The summed E-state index contributed by atoms with van der Waals surface area (Å²) in [5, 5.41) is 11.2. The van der Waals surface area contributed by atoms with Gasteiger partial charge in [-0.15, -0.1) is 0 Å². The fourth-order valence-corrected chi connectivity index (χ4v) is 11.3. The maximum atomic E-state index is 14.1. The quantitative estimate of drug-likeness (QED) is 0.146. The van der Waals surface area contributed by atoms with Crippen molar-refractivity contribution in [2.75, 3.05) is 40.4 Å². The van der Waals surface area contributed by atoms with Gasteiger partial charge in [0.25, 0.3) is 0 Å². The summed E-state index contributed by atoms with van der Waals surface area (Å²) < 4.78 is 28.4. The third-order valence-electron chi connectivity index (χ3n) is 12.2. The number of rotatable bonds is 10. The SMILES string of the molecule is COC(=O)[C@]12O[C@](C(=O)OC)([C@@H]3[C@@H]4C[C@@H](C[C@@H]4C(=O)NCCNC(=O)OC(C)(C)C)[C@@H]31)[C@H]1[C@H]3C[C@@H]([C@H]12)[C@@H](C(=O)NCCNC(=O)OC(C)(C)C)C3. The van der Waals surface area contributed by atoms with Gasteiger partial charge in [0, 0.05) is 61.7 Å². The first kappa shape index (κ1) is 37.1. The molecule has 51 heavy (non-hydrogen) atoms. The molecule has 0 radical (unpaired) electrons. The fourth-order valence-electron chi connectivity index (χ4n) is 11.3. The highest BCUT2D eigenvalue weighted by Crippen LogP contribution is 2.80. The minimum absolute atomic E-state index is 0.0763. The highest BCUT2D eigenvalue weighted by molar-refractivity contribution is 5.91. The van der Waals surface area contributed by atoms with Crippen LogP contribution in [0.4, 0.5) is 9.59 Å². The van der Waals surface area contributed by atoms with E-state index in [9.17, 15) is 28.8 Å². The van der Waals surface area contributed by atoms with E-state index in [0.29, 0.717) is 25.7 Å². The molecule has 4 amide bonds. The summed E-state index contributed by atoms with van der Waals surface area (Å²) in [5.41, 5.74) is -4.15.